The van der Waals surface area contributed by atoms with E-state index in [9.17, 15) is 9.59 Å². The van der Waals surface area contributed by atoms with Crippen LogP contribution >= 0.6 is 0 Å². The Kier molecular flexibility index (Phi) is 5.79. The zero-order chi connectivity index (χ0) is 19.3. The monoisotopic (exact) mass is 380 g/mol. The van der Waals surface area contributed by atoms with Gasteiger partial charge in [-0.05, 0) is 25.0 Å². The van der Waals surface area contributed by atoms with Crippen LogP contribution in [0.3, 0.4) is 0 Å². The predicted octanol–water partition coefficient (Wildman–Crippen LogP) is 3.74. The number of rotatable bonds is 5. The van der Waals surface area contributed by atoms with Gasteiger partial charge in [0, 0.05) is 50.5 Å². The van der Waals surface area contributed by atoms with Gasteiger partial charge in [0.2, 0.25) is 11.8 Å². The highest BCUT2D eigenvalue weighted by molar-refractivity contribution is 5.80. The summed E-state index contributed by atoms with van der Waals surface area (Å²) in [6.07, 6.45) is 5.46. The Hall–Kier alpha value is -2.56. The summed E-state index contributed by atoms with van der Waals surface area (Å²) in [6.45, 7) is 2.62. The summed E-state index contributed by atoms with van der Waals surface area (Å²) < 4.78 is 5.89. The first kappa shape index (κ1) is 18.8. The molecule has 0 atom stereocenters. The molecule has 2 aliphatic rings. The van der Waals surface area contributed by atoms with Gasteiger partial charge in [0.25, 0.3) is 0 Å². The molecular formula is C23H28N2O3. The van der Waals surface area contributed by atoms with Crippen LogP contribution < -0.4 is 0 Å². The summed E-state index contributed by atoms with van der Waals surface area (Å²) in [4.78, 5) is 28.9. The first-order valence-electron chi connectivity index (χ1n) is 10.4. The second kappa shape index (κ2) is 8.63. The second-order valence-corrected chi connectivity index (χ2v) is 7.82. The van der Waals surface area contributed by atoms with Crippen molar-refractivity contribution >= 4 is 11.8 Å². The van der Waals surface area contributed by atoms with Crippen molar-refractivity contribution in [3.63, 3.8) is 0 Å². The molecule has 1 aromatic carbocycles. The van der Waals surface area contributed by atoms with Crippen LogP contribution in [0.15, 0.2) is 46.9 Å². The van der Waals surface area contributed by atoms with Crippen molar-refractivity contribution in [3.8, 4) is 11.3 Å². The smallest absolute Gasteiger partial charge is 0.225 e. The fraction of sp³-hybridized carbons (Fsp3) is 0.478. The molecule has 28 heavy (non-hydrogen) atoms. The van der Waals surface area contributed by atoms with Crippen LogP contribution in [0.1, 0.15) is 37.9 Å². The molecule has 0 N–H and O–H groups in total. The average molecular weight is 380 g/mol. The fourth-order valence-electron chi connectivity index (χ4n) is 4.27. The lowest BCUT2D eigenvalue weighted by molar-refractivity contribution is -0.142. The molecule has 1 aromatic heterocycles. The maximum absolute atomic E-state index is 12.6. The SMILES string of the molecule is O=C(CCc1ccc(-c2ccccc2)o1)N1CCN(C(=O)C2CCCC2)CC1. The Balaban J connectivity index is 1.24. The van der Waals surface area contributed by atoms with E-state index in [2.05, 4.69) is 0 Å². The Morgan fingerprint density at radius 1 is 0.893 bits per heavy atom. The molecule has 2 aromatic rings. The zero-order valence-electron chi connectivity index (χ0n) is 16.3. The van der Waals surface area contributed by atoms with E-state index in [0.717, 1.165) is 29.9 Å². The van der Waals surface area contributed by atoms with Crippen molar-refractivity contribution in [2.75, 3.05) is 26.2 Å². The van der Waals surface area contributed by atoms with Crippen molar-refractivity contribution < 1.29 is 14.0 Å². The van der Waals surface area contributed by atoms with Gasteiger partial charge in [-0.3, -0.25) is 9.59 Å². The first-order chi connectivity index (χ1) is 13.7. The van der Waals surface area contributed by atoms with Gasteiger partial charge in [0.1, 0.15) is 11.5 Å². The molecule has 0 bridgehead atoms. The van der Waals surface area contributed by atoms with E-state index in [0.29, 0.717) is 44.9 Å². The Labute approximate surface area is 166 Å². The van der Waals surface area contributed by atoms with Crippen molar-refractivity contribution in [1.82, 2.24) is 9.80 Å². The summed E-state index contributed by atoms with van der Waals surface area (Å²) in [5.41, 5.74) is 1.04. The van der Waals surface area contributed by atoms with Gasteiger partial charge in [-0.1, -0.05) is 43.2 Å². The molecule has 1 saturated heterocycles. The normalized spacial score (nSPS) is 17.9. The molecule has 0 spiro atoms. The van der Waals surface area contributed by atoms with Gasteiger partial charge in [-0.25, -0.2) is 0 Å². The third-order valence-electron chi connectivity index (χ3n) is 5.95. The molecular weight excluding hydrogens is 352 g/mol. The molecule has 0 unspecified atom stereocenters. The second-order valence-electron chi connectivity index (χ2n) is 7.82. The maximum Gasteiger partial charge on any atom is 0.225 e. The van der Waals surface area contributed by atoms with Gasteiger partial charge < -0.3 is 14.2 Å². The number of amides is 2. The van der Waals surface area contributed by atoms with E-state index in [1.54, 1.807) is 0 Å². The predicted molar refractivity (Wildman–Crippen MR) is 108 cm³/mol. The standard InChI is InChI=1S/C23H28N2O3/c26-22(13-11-20-10-12-21(28-20)18-6-2-1-3-7-18)24-14-16-25(17-15-24)23(27)19-8-4-5-9-19/h1-3,6-7,10,12,19H,4-5,8-9,11,13-17H2. The molecule has 0 radical (unpaired) electrons. The number of piperazine rings is 1. The lowest BCUT2D eigenvalue weighted by Crippen LogP contribution is -2.51. The molecule has 1 aliphatic heterocycles. The van der Waals surface area contributed by atoms with Crippen LogP contribution in [0.2, 0.25) is 0 Å². The van der Waals surface area contributed by atoms with E-state index in [-0.39, 0.29) is 11.8 Å². The van der Waals surface area contributed by atoms with Crippen LogP contribution in [-0.4, -0.2) is 47.8 Å². The van der Waals surface area contributed by atoms with Gasteiger partial charge in [0.15, 0.2) is 0 Å². The topological polar surface area (TPSA) is 53.8 Å². The van der Waals surface area contributed by atoms with E-state index < -0.39 is 0 Å². The molecule has 2 heterocycles. The van der Waals surface area contributed by atoms with Gasteiger partial charge >= 0.3 is 0 Å². The van der Waals surface area contributed by atoms with Crippen LogP contribution in [-0.2, 0) is 16.0 Å². The Bertz CT molecular complexity index is 800. The first-order valence-corrected chi connectivity index (χ1v) is 10.4. The van der Waals surface area contributed by atoms with E-state index in [1.807, 2.05) is 52.3 Å². The zero-order valence-corrected chi connectivity index (χ0v) is 16.3. The molecule has 1 aliphatic carbocycles. The van der Waals surface area contributed by atoms with Crippen molar-refractivity contribution in [2.45, 2.75) is 38.5 Å². The summed E-state index contributed by atoms with van der Waals surface area (Å²) in [5.74, 6) is 2.34. The molecule has 148 valence electrons. The van der Waals surface area contributed by atoms with Gasteiger partial charge in [-0.2, -0.15) is 0 Å². The average Bonchev–Trinajstić information content (AvgIpc) is 3.44. The molecule has 5 nitrogen and oxygen atoms in total. The van der Waals surface area contributed by atoms with Gasteiger partial charge in [-0.15, -0.1) is 0 Å². The summed E-state index contributed by atoms with van der Waals surface area (Å²) in [6, 6.07) is 13.9. The minimum absolute atomic E-state index is 0.144. The minimum Gasteiger partial charge on any atom is -0.461 e. The molecule has 2 amide bonds. The fourth-order valence-corrected chi connectivity index (χ4v) is 4.27. The van der Waals surface area contributed by atoms with E-state index in [4.69, 9.17) is 4.42 Å². The Morgan fingerprint density at radius 3 is 2.29 bits per heavy atom. The van der Waals surface area contributed by atoms with Crippen LogP contribution in [0.25, 0.3) is 11.3 Å². The van der Waals surface area contributed by atoms with Crippen LogP contribution in [0.4, 0.5) is 0 Å². The number of aryl methyl sites for hydroxylation is 1. The van der Waals surface area contributed by atoms with Crippen LogP contribution in [0.5, 0.6) is 0 Å². The molecule has 2 fully saturated rings. The summed E-state index contributed by atoms with van der Waals surface area (Å²) in [7, 11) is 0. The lowest BCUT2D eigenvalue weighted by Gasteiger charge is -2.36. The molecule has 5 heteroatoms. The lowest BCUT2D eigenvalue weighted by atomic mass is 10.1. The van der Waals surface area contributed by atoms with Crippen molar-refractivity contribution in [2.24, 2.45) is 5.92 Å². The van der Waals surface area contributed by atoms with Crippen molar-refractivity contribution in [3.05, 3.63) is 48.2 Å². The molecule has 1 saturated carbocycles. The van der Waals surface area contributed by atoms with E-state index in [1.165, 1.54) is 12.8 Å². The summed E-state index contributed by atoms with van der Waals surface area (Å²) in [5, 5.41) is 0. The van der Waals surface area contributed by atoms with Crippen LogP contribution in [0, 0.1) is 5.92 Å². The minimum atomic E-state index is 0.144. The third-order valence-corrected chi connectivity index (χ3v) is 5.95. The number of furan rings is 1. The highest BCUT2D eigenvalue weighted by atomic mass is 16.3. The summed E-state index contributed by atoms with van der Waals surface area (Å²) >= 11 is 0. The highest BCUT2D eigenvalue weighted by Gasteiger charge is 2.30. The van der Waals surface area contributed by atoms with E-state index >= 15 is 0 Å². The molecule has 4 rings (SSSR count). The highest BCUT2D eigenvalue weighted by Crippen LogP contribution is 2.27. The number of carbonyl (C=O) groups excluding carboxylic acids is 2. The van der Waals surface area contributed by atoms with Crippen molar-refractivity contribution in [1.29, 1.82) is 0 Å². The number of carbonyl (C=O) groups is 2. The number of benzene rings is 1. The number of nitrogens with zero attached hydrogens (tertiary/aromatic N) is 2. The Morgan fingerprint density at radius 2 is 1.57 bits per heavy atom. The quantitative estimate of drug-likeness (QED) is 0.794. The maximum atomic E-state index is 12.6. The number of hydrogen-bond donors (Lipinski definition) is 0. The largest absolute Gasteiger partial charge is 0.461 e. The third kappa shape index (κ3) is 4.29. The number of hydrogen-bond acceptors (Lipinski definition) is 3. The van der Waals surface area contributed by atoms with Gasteiger partial charge in [0.05, 0.1) is 0 Å².